The number of imide groups is 1. The fourth-order valence-electron chi connectivity index (χ4n) is 3.39. The van der Waals surface area contributed by atoms with E-state index in [1.807, 2.05) is 0 Å². The van der Waals surface area contributed by atoms with Gasteiger partial charge in [-0.25, -0.2) is 4.79 Å². The molecule has 2 aromatic rings. The SMILES string of the molecule is CC(C)(C)OC(=O)NCC(=O)NCc1ccccc1NC(=O)CN1C(=O)c2ccc([N+](=O)[O-])cc2C1=O. The molecule has 37 heavy (non-hydrogen) atoms. The number of benzene rings is 2. The predicted octanol–water partition coefficient (Wildman–Crippen LogP) is 1.97. The van der Waals surface area contributed by atoms with E-state index >= 15 is 0 Å². The molecule has 13 nitrogen and oxygen atoms in total. The number of nitro benzene ring substituents is 1. The number of carbonyl (C=O) groups excluding carboxylic acids is 5. The van der Waals surface area contributed by atoms with Gasteiger partial charge in [-0.1, -0.05) is 18.2 Å². The van der Waals surface area contributed by atoms with Crippen molar-refractivity contribution in [1.29, 1.82) is 0 Å². The number of hydrogen-bond acceptors (Lipinski definition) is 8. The maximum absolute atomic E-state index is 12.7. The van der Waals surface area contributed by atoms with Crippen molar-refractivity contribution in [3.05, 3.63) is 69.3 Å². The number of nitrogens with one attached hydrogen (secondary N) is 3. The van der Waals surface area contributed by atoms with Crippen LogP contribution in [-0.2, 0) is 20.9 Å². The second kappa shape index (κ2) is 10.8. The van der Waals surface area contributed by atoms with E-state index in [1.54, 1.807) is 45.0 Å². The molecule has 194 valence electrons. The number of nitrogens with zero attached hydrogens (tertiary/aromatic N) is 2. The molecule has 0 bridgehead atoms. The van der Waals surface area contributed by atoms with E-state index in [4.69, 9.17) is 4.74 Å². The topological polar surface area (TPSA) is 177 Å². The van der Waals surface area contributed by atoms with Crippen molar-refractivity contribution in [2.24, 2.45) is 0 Å². The van der Waals surface area contributed by atoms with Gasteiger partial charge in [0.05, 0.1) is 16.1 Å². The molecule has 0 aromatic heterocycles. The van der Waals surface area contributed by atoms with Crippen LogP contribution in [0.1, 0.15) is 47.1 Å². The highest BCUT2D eigenvalue weighted by Crippen LogP contribution is 2.27. The quantitative estimate of drug-likeness (QED) is 0.274. The summed E-state index contributed by atoms with van der Waals surface area (Å²) in [6.45, 7) is 4.17. The Kier molecular flexibility index (Phi) is 7.85. The Hall–Kier alpha value is -4.81. The molecule has 0 radical (unpaired) electrons. The maximum atomic E-state index is 12.7. The first-order valence-electron chi connectivity index (χ1n) is 11.1. The molecule has 0 saturated heterocycles. The maximum Gasteiger partial charge on any atom is 0.408 e. The Labute approximate surface area is 211 Å². The number of carbonyl (C=O) groups is 5. The summed E-state index contributed by atoms with van der Waals surface area (Å²) >= 11 is 0. The van der Waals surface area contributed by atoms with Crippen LogP contribution in [-0.4, -0.2) is 58.2 Å². The summed E-state index contributed by atoms with van der Waals surface area (Å²) in [5, 5.41) is 18.5. The summed E-state index contributed by atoms with van der Waals surface area (Å²) in [7, 11) is 0. The largest absolute Gasteiger partial charge is 0.444 e. The van der Waals surface area contributed by atoms with Crippen molar-refractivity contribution in [3.63, 3.8) is 0 Å². The van der Waals surface area contributed by atoms with Crippen LogP contribution in [0, 0.1) is 10.1 Å². The number of rotatable bonds is 8. The molecule has 1 heterocycles. The summed E-state index contributed by atoms with van der Waals surface area (Å²) in [4.78, 5) is 72.6. The summed E-state index contributed by atoms with van der Waals surface area (Å²) in [6, 6.07) is 9.85. The van der Waals surface area contributed by atoms with Crippen molar-refractivity contribution in [3.8, 4) is 0 Å². The molecule has 3 rings (SSSR count). The minimum absolute atomic E-state index is 0.0158. The van der Waals surface area contributed by atoms with Crippen molar-refractivity contribution >= 4 is 41.1 Å². The number of hydrogen-bond donors (Lipinski definition) is 3. The third-order valence-corrected chi connectivity index (χ3v) is 5.03. The molecule has 1 aliphatic heterocycles. The van der Waals surface area contributed by atoms with Crippen LogP contribution in [0.2, 0.25) is 0 Å². The summed E-state index contributed by atoms with van der Waals surface area (Å²) < 4.78 is 5.06. The minimum Gasteiger partial charge on any atom is -0.444 e. The van der Waals surface area contributed by atoms with Gasteiger partial charge in [-0.2, -0.15) is 0 Å². The van der Waals surface area contributed by atoms with E-state index in [-0.39, 0.29) is 29.9 Å². The molecular weight excluding hydrogens is 486 g/mol. The van der Waals surface area contributed by atoms with Crippen LogP contribution in [0.15, 0.2) is 42.5 Å². The van der Waals surface area contributed by atoms with E-state index in [2.05, 4.69) is 16.0 Å². The Morgan fingerprint density at radius 2 is 1.65 bits per heavy atom. The monoisotopic (exact) mass is 511 g/mol. The zero-order valence-electron chi connectivity index (χ0n) is 20.3. The fraction of sp³-hybridized carbons (Fsp3) is 0.292. The normalized spacial score (nSPS) is 12.6. The van der Waals surface area contributed by atoms with E-state index in [9.17, 15) is 34.1 Å². The Bertz CT molecular complexity index is 1280. The Morgan fingerprint density at radius 1 is 0.973 bits per heavy atom. The van der Waals surface area contributed by atoms with Crippen LogP contribution in [0.3, 0.4) is 0 Å². The highest BCUT2D eigenvalue weighted by molar-refractivity contribution is 6.23. The van der Waals surface area contributed by atoms with Gasteiger partial charge in [0.2, 0.25) is 11.8 Å². The fourth-order valence-corrected chi connectivity index (χ4v) is 3.39. The van der Waals surface area contributed by atoms with Crippen LogP contribution < -0.4 is 16.0 Å². The third kappa shape index (κ3) is 6.87. The zero-order chi connectivity index (χ0) is 27.3. The number of amides is 5. The number of ether oxygens (including phenoxy) is 1. The zero-order valence-corrected chi connectivity index (χ0v) is 20.3. The van der Waals surface area contributed by atoms with Gasteiger partial charge in [0, 0.05) is 24.4 Å². The highest BCUT2D eigenvalue weighted by atomic mass is 16.6. The Morgan fingerprint density at radius 3 is 2.32 bits per heavy atom. The van der Waals surface area contributed by atoms with Crippen molar-refractivity contribution in [1.82, 2.24) is 15.5 Å². The highest BCUT2D eigenvalue weighted by Gasteiger charge is 2.37. The van der Waals surface area contributed by atoms with Gasteiger partial charge in [0.25, 0.3) is 17.5 Å². The first kappa shape index (κ1) is 26.8. The van der Waals surface area contributed by atoms with Gasteiger partial charge < -0.3 is 20.7 Å². The number of fused-ring (bicyclic) bond motifs is 1. The third-order valence-electron chi connectivity index (χ3n) is 5.03. The average Bonchev–Trinajstić information content (AvgIpc) is 3.05. The van der Waals surface area contributed by atoms with E-state index in [0.29, 0.717) is 16.2 Å². The first-order valence-corrected chi connectivity index (χ1v) is 11.1. The van der Waals surface area contributed by atoms with Crippen molar-refractivity contribution in [2.75, 3.05) is 18.4 Å². The van der Waals surface area contributed by atoms with E-state index in [0.717, 1.165) is 12.1 Å². The van der Waals surface area contributed by atoms with Gasteiger partial charge in [0.1, 0.15) is 18.7 Å². The van der Waals surface area contributed by atoms with Crippen LogP contribution in [0.5, 0.6) is 0 Å². The molecule has 0 fully saturated rings. The van der Waals surface area contributed by atoms with Gasteiger partial charge >= 0.3 is 6.09 Å². The van der Waals surface area contributed by atoms with Gasteiger partial charge in [-0.15, -0.1) is 0 Å². The van der Waals surface area contributed by atoms with Crippen LogP contribution in [0.4, 0.5) is 16.2 Å². The molecule has 2 aromatic carbocycles. The standard InChI is InChI=1S/C24H25N5O8/c1-24(2,3)37-23(34)26-12-19(30)25-11-14-6-4-5-7-18(14)27-20(31)13-28-21(32)16-9-8-15(29(35)36)10-17(16)22(28)33/h4-10H,11-13H2,1-3H3,(H,25,30)(H,26,34)(H,27,31). The number of non-ortho nitro benzene ring substituents is 1. The van der Waals surface area contributed by atoms with Gasteiger partial charge in [-0.3, -0.25) is 34.2 Å². The van der Waals surface area contributed by atoms with Gasteiger partial charge in [-0.05, 0) is 38.5 Å². The predicted molar refractivity (Wildman–Crippen MR) is 130 cm³/mol. The lowest BCUT2D eigenvalue weighted by Gasteiger charge is -2.19. The lowest BCUT2D eigenvalue weighted by Crippen LogP contribution is -2.39. The second-order valence-corrected chi connectivity index (χ2v) is 9.02. The average molecular weight is 511 g/mol. The van der Waals surface area contributed by atoms with Crippen molar-refractivity contribution < 1.29 is 33.6 Å². The summed E-state index contributed by atoms with van der Waals surface area (Å²) in [6.07, 6.45) is -0.738. The molecule has 0 spiro atoms. The number of alkyl carbamates (subject to hydrolysis) is 1. The molecule has 0 unspecified atom stereocenters. The van der Waals surface area contributed by atoms with Crippen molar-refractivity contribution in [2.45, 2.75) is 32.9 Å². The molecule has 3 N–H and O–H groups in total. The number of anilines is 1. The molecule has 5 amide bonds. The lowest BCUT2D eigenvalue weighted by molar-refractivity contribution is -0.384. The second-order valence-electron chi connectivity index (χ2n) is 9.02. The van der Waals surface area contributed by atoms with Crippen LogP contribution in [0.25, 0.3) is 0 Å². The number of nitro groups is 1. The first-order chi connectivity index (χ1) is 17.4. The van der Waals surface area contributed by atoms with E-state index in [1.165, 1.54) is 6.07 Å². The lowest BCUT2D eigenvalue weighted by atomic mass is 10.1. The molecule has 0 saturated carbocycles. The van der Waals surface area contributed by atoms with Crippen LogP contribution >= 0.6 is 0 Å². The Balaban J connectivity index is 1.58. The minimum atomic E-state index is -0.808. The molecule has 13 heteroatoms. The number of para-hydroxylation sites is 1. The smallest absolute Gasteiger partial charge is 0.408 e. The van der Waals surface area contributed by atoms with Gasteiger partial charge in [0.15, 0.2) is 0 Å². The van der Waals surface area contributed by atoms with E-state index < -0.39 is 46.8 Å². The molecule has 0 aliphatic carbocycles. The molecule has 0 atom stereocenters. The molecular formula is C24H25N5O8. The summed E-state index contributed by atoms with van der Waals surface area (Å²) in [5.74, 6) is -2.72. The summed E-state index contributed by atoms with van der Waals surface area (Å²) in [5.41, 5.74) is -0.354. The molecule has 1 aliphatic rings.